The first-order chi connectivity index (χ1) is 19.6. The van der Waals surface area contributed by atoms with Crippen LogP contribution >= 0.6 is 0 Å². The highest BCUT2D eigenvalue weighted by molar-refractivity contribution is 5.77. The van der Waals surface area contributed by atoms with Crippen molar-refractivity contribution in [3.63, 3.8) is 0 Å². The van der Waals surface area contributed by atoms with Gasteiger partial charge in [0.2, 0.25) is 0 Å². The number of hydrogen-bond acceptors (Lipinski definition) is 7. The number of esters is 1. The van der Waals surface area contributed by atoms with Crippen LogP contribution in [0.2, 0.25) is 0 Å². The predicted molar refractivity (Wildman–Crippen MR) is 166 cm³/mol. The molecule has 0 aromatic rings. The van der Waals surface area contributed by atoms with Crippen LogP contribution < -0.4 is 5.73 Å². The van der Waals surface area contributed by atoms with Crippen molar-refractivity contribution in [2.24, 2.45) is 51.1 Å². The van der Waals surface area contributed by atoms with E-state index in [-0.39, 0.29) is 52.4 Å². The number of carbonyl (C=O) groups is 2. The summed E-state index contributed by atoms with van der Waals surface area (Å²) in [4.78, 5) is 23.8. The van der Waals surface area contributed by atoms with Gasteiger partial charge in [0.15, 0.2) is 0 Å². The molecule has 8 heteroatoms. The Kier molecular flexibility index (Phi) is 9.30. The van der Waals surface area contributed by atoms with Crippen LogP contribution in [0.5, 0.6) is 0 Å². The molecule has 0 aromatic heterocycles. The number of carbonyl (C=O) groups excluding carboxylic acids is 1. The number of fused-ring (bicyclic) bond motifs is 5. The molecule has 0 amide bonds. The number of carboxylic acids is 1. The number of nitrogens with two attached hydrogens (primary N) is 1. The second-order valence-electron chi connectivity index (χ2n) is 17.3. The molecule has 0 heterocycles. The number of carboxylic acid groups (broad SMARTS) is 1. The van der Waals surface area contributed by atoms with Crippen molar-refractivity contribution in [1.29, 1.82) is 0 Å². The molecule has 4 saturated carbocycles. The van der Waals surface area contributed by atoms with E-state index in [1.54, 1.807) is 0 Å². The van der Waals surface area contributed by atoms with E-state index in [2.05, 4.69) is 34.6 Å². The summed E-state index contributed by atoms with van der Waals surface area (Å²) in [6, 6.07) is -0.942. The van der Waals surface area contributed by atoms with Gasteiger partial charge in [0, 0.05) is 11.8 Å². The minimum atomic E-state index is -0.976. The fraction of sp³-hybridized carbons (Fsp3) is 0.943. The van der Waals surface area contributed by atoms with Gasteiger partial charge >= 0.3 is 11.9 Å². The van der Waals surface area contributed by atoms with Gasteiger partial charge in [-0.05, 0) is 131 Å². The highest BCUT2D eigenvalue weighted by Gasteiger charge is 2.71. The van der Waals surface area contributed by atoms with Gasteiger partial charge in [0.1, 0.15) is 12.1 Å². The summed E-state index contributed by atoms with van der Waals surface area (Å²) in [5, 5.41) is 43.0. The first kappa shape index (κ1) is 34.6. The van der Waals surface area contributed by atoms with Crippen LogP contribution in [0.15, 0.2) is 0 Å². The molecule has 6 N–H and O–H groups in total. The Morgan fingerprint density at radius 2 is 1.56 bits per heavy atom. The summed E-state index contributed by atoms with van der Waals surface area (Å²) in [6.45, 7) is 17.3. The van der Waals surface area contributed by atoms with Crippen molar-refractivity contribution in [3.05, 3.63) is 0 Å². The molecule has 0 aliphatic heterocycles. The van der Waals surface area contributed by atoms with E-state index in [0.717, 1.165) is 51.4 Å². The Bertz CT molecular complexity index is 1050. The third-order valence-corrected chi connectivity index (χ3v) is 13.8. The van der Waals surface area contributed by atoms with Gasteiger partial charge in [0.05, 0.1) is 17.3 Å². The Balaban J connectivity index is 1.54. The molecular weight excluding hydrogens is 546 g/mol. The second kappa shape index (κ2) is 11.5. The van der Waals surface area contributed by atoms with Gasteiger partial charge < -0.3 is 30.9 Å². The topological polar surface area (TPSA) is 150 Å². The number of ether oxygens (including phenoxy) is 1. The Labute approximate surface area is 259 Å². The summed E-state index contributed by atoms with van der Waals surface area (Å²) in [5.41, 5.74) is 3.95. The molecule has 0 spiro atoms. The summed E-state index contributed by atoms with van der Waals surface area (Å²) < 4.78 is 6.02. The first-order valence-corrected chi connectivity index (χ1v) is 16.9. The standard InChI is InChI=1S/C35H61NO7/c1-30(2,41)15-9-16-35(8,42)21-12-18-34(7)28(21)23(37)20-25-32(5)17-14-26(43-29(40)22(36)10-11-27(38)39)31(3,4)24(32)13-19-33(25,34)6/h21-26,28,37,41-42H,9-20,36H2,1-8H3,(H,38,39)/t21-,22-,23+,24-,25+,26-,28-,32-,33+,34+,35+/m0/s1. The van der Waals surface area contributed by atoms with Crippen molar-refractivity contribution in [3.8, 4) is 0 Å². The maximum absolute atomic E-state index is 12.9. The van der Waals surface area contributed by atoms with Crippen LogP contribution in [0.4, 0.5) is 0 Å². The Morgan fingerprint density at radius 1 is 0.930 bits per heavy atom. The average molecular weight is 608 g/mol. The minimum Gasteiger partial charge on any atom is -0.481 e. The van der Waals surface area contributed by atoms with Crippen molar-refractivity contribution >= 4 is 11.9 Å². The van der Waals surface area contributed by atoms with E-state index in [1.807, 2.05) is 20.8 Å². The normalized spacial score (nSPS) is 42.6. The molecule has 0 aromatic carbocycles. The van der Waals surface area contributed by atoms with Gasteiger partial charge in [-0.3, -0.25) is 9.59 Å². The zero-order chi connectivity index (χ0) is 32.4. The van der Waals surface area contributed by atoms with E-state index in [4.69, 9.17) is 15.6 Å². The SMILES string of the molecule is CC(C)(O)CCC[C@@](C)(O)[C@H]1CC[C@]2(C)[C@@H]1[C@H](O)C[C@@H]1[C@@]3(C)CC[C@H](OC(=O)[C@@H](N)CCC(=O)O)C(C)(C)[C@@H]3CC[C@]12C. The average Bonchev–Trinajstić information content (AvgIpc) is 3.25. The monoisotopic (exact) mass is 607 g/mol. The summed E-state index contributed by atoms with van der Waals surface area (Å²) in [6.07, 6.45) is 7.42. The van der Waals surface area contributed by atoms with Crippen LogP contribution in [0.1, 0.15) is 132 Å². The molecule has 4 rings (SSSR count). The number of hydrogen-bond donors (Lipinski definition) is 5. The zero-order valence-electron chi connectivity index (χ0n) is 28.1. The lowest BCUT2D eigenvalue weighted by Gasteiger charge is -2.70. The fourth-order valence-electron chi connectivity index (χ4n) is 11.3. The molecule has 0 radical (unpaired) electrons. The molecule has 11 atom stereocenters. The number of aliphatic hydroxyl groups is 3. The summed E-state index contributed by atoms with van der Waals surface area (Å²) in [7, 11) is 0. The lowest BCUT2D eigenvalue weighted by molar-refractivity contribution is -0.249. The maximum Gasteiger partial charge on any atom is 0.323 e. The largest absolute Gasteiger partial charge is 0.481 e. The van der Waals surface area contributed by atoms with E-state index >= 15 is 0 Å². The van der Waals surface area contributed by atoms with E-state index in [9.17, 15) is 24.9 Å². The van der Waals surface area contributed by atoms with Crippen molar-refractivity contribution in [2.75, 3.05) is 0 Å². The lowest BCUT2D eigenvalue weighted by Crippen LogP contribution is -2.66. The summed E-state index contributed by atoms with van der Waals surface area (Å²) in [5.74, 6) is -0.829. The number of aliphatic hydroxyl groups excluding tert-OH is 1. The highest BCUT2D eigenvalue weighted by Crippen LogP contribution is 2.76. The molecule has 4 aliphatic carbocycles. The second-order valence-corrected chi connectivity index (χ2v) is 17.3. The van der Waals surface area contributed by atoms with Gasteiger partial charge in [-0.1, -0.05) is 34.6 Å². The minimum absolute atomic E-state index is 0.0127. The molecule has 4 aliphatic rings. The van der Waals surface area contributed by atoms with Crippen LogP contribution in [0.25, 0.3) is 0 Å². The Morgan fingerprint density at radius 3 is 2.16 bits per heavy atom. The third kappa shape index (κ3) is 6.04. The highest BCUT2D eigenvalue weighted by atomic mass is 16.5. The molecular formula is C35H61NO7. The molecule has 43 heavy (non-hydrogen) atoms. The van der Waals surface area contributed by atoms with Gasteiger partial charge in [-0.15, -0.1) is 0 Å². The van der Waals surface area contributed by atoms with E-state index in [0.29, 0.717) is 24.7 Å². The first-order valence-electron chi connectivity index (χ1n) is 16.9. The smallest absolute Gasteiger partial charge is 0.323 e. The van der Waals surface area contributed by atoms with Crippen molar-refractivity contribution in [1.82, 2.24) is 0 Å². The molecule has 248 valence electrons. The molecule has 0 bridgehead atoms. The molecule has 0 saturated heterocycles. The van der Waals surface area contributed by atoms with Crippen LogP contribution in [0.3, 0.4) is 0 Å². The van der Waals surface area contributed by atoms with E-state index in [1.165, 1.54) is 0 Å². The molecule has 4 fully saturated rings. The maximum atomic E-state index is 12.9. The zero-order valence-corrected chi connectivity index (χ0v) is 28.1. The van der Waals surface area contributed by atoms with Crippen molar-refractivity contribution < 1.29 is 34.8 Å². The van der Waals surface area contributed by atoms with Crippen LogP contribution in [-0.4, -0.2) is 61.8 Å². The van der Waals surface area contributed by atoms with Crippen LogP contribution in [0, 0.1) is 45.3 Å². The Hall–Kier alpha value is -1.22. The van der Waals surface area contributed by atoms with E-state index < -0.39 is 35.3 Å². The molecule has 8 nitrogen and oxygen atoms in total. The van der Waals surface area contributed by atoms with Gasteiger partial charge in [-0.25, -0.2) is 0 Å². The van der Waals surface area contributed by atoms with Gasteiger partial charge in [-0.2, -0.15) is 0 Å². The van der Waals surface area contributed by atoms with Gasteiger partial charge in [0.25, 0.3) is 0 Å². The number of aliphatic carboxylic acids is 1. The lowest BCUT2D eigenvalue weighted by atomic mass is 9.35. The molecule has 0 unspecified atom stereocenters. The quantitative estimate of drug-likeness (QED) is 0.206. The van der Waals surface area contributed by atoms with Crippen molar-refractivity contribution in [2.45, 2.75) is 162 Å². The fourth-order valence-corrected chi connectivity index (χ4v) is 11.3. The summed E-state index contributed by atoms with van der Waals surface area (Å²) >= 11 is 0. The number of rotatable bonds is 10. The third-order valence-electron chi connectivity index (χ3n) is 13.8. The van der Waals surface area contributed by atoms with Crippen LogP contribution in [-0.2, 0) is 14.3 Å². The predicted octanol–water partition coefficient (Wildman–Crippen LogP) is 5.44.